The average molecular weight is 313 g/mol. The molecular formula is C14H17ClN2O4. The maximum atomic E-state index is 11.1. The van der Waals surface area contributed by atoms with E-state index in [9.17, 15) is 14.9 Å². The molecule has 2 rings (SSSR count). The second-order valence-electron chi connectivity index (χ2n) is 5.26. The number of carboxylic acids is 1. The predicted octanol–water partition coefficient (Wildman–Crippen LogP) is 2.73. The molecule has 114 valence electrons. The molecule has 2 unspecified atom stereocenters. The van der Waals surface area contributed by atoms with Gasteiger partial charge < -0.3 is 5.11 Å². The number of nitro groups is 1. The van der Waals surface area contributed by atoms with Gasteiger partial charge in [-0.25, -0.2) is 0 Å². The Morgan fingerprint density at radius 3 is 2.95 bits per heavy atom. The zero-order chi connectivity index (χ0) is 15.6. The summed E-state index contributed by atoms with van der Waals surface area (Å²) < 4.78 is 0. The molecule has 1 aromatic carbocycles. The van der Waals surface area contributed by atoms with Crippen molar-refractivity contribution in [3.63, 3.8) is 0 Å². The predicted molar refractivity (Wildman–Crippen MR) is 78.7 cm³/mol. The lowest BCUT2D eigenvalue weighted by Crippen LogP contribution is -2.37. The third-order valence-electron chi connectivity index (χ3n) is 3.84. The first-order valence-corrected chi connectivity index (χ1v) is 7.19. The maximum Gasteiger partial charge on any atom is 0.320 e. The van der Waals surface area contributed by atoms with Crippen LogP contribution in [0.25, 0.3) is 0 Å². The van der Waals surface area contributed by atoms with E-state index in [1.165, 1.54) is 6.07 Å². The molecule has 0 saturated carbocycles. The van der Waals surface area contributed by atoms with Gasteiger partial charge in [-0.05, 0) is 31.9 Å². The SMILES string of the molecule is Cc1ccc(C(Cl)CN2CCCC2C(=O)O)cc1[N+](=O)[O-]. The van der Waals surface area contributed by atoms with E-state index in [2.05, 4.69) is 0 Å². The average Bonchev–Trinajstić information content (AvgIpc) is 2.87. The van der Waals surface area contributed by atoms with Crippen LogP contribution < -0.4 is 0 Å². The fraction of sp³-hybridized carbons (Fsp3) is 0.500. The molecule has 1 saturated heterocycles. The Morgan fingerprint density at radius 1 is 1.62 bits per heavy atom. The van der Waals surface area contributed by atoms with Crippen molar-refractivity contribution in [2.75, 3.05) is 13.1 Å². The Hall–Kier alpha value is -1.66. The highest BCUT2D eigenvalue weighted by atomic mass is 35.5. The smallest absolute Gasteiger partial charge is 0.320 e. The Bertz CT molecular complexity index is 564. The number of hydrogen-bond donors (Lipinski definition) is 1. The summed E-state index contributed by atoms with van der Waals surface area (Å²) in [4.78, 5) is 23.5. The van der Waals surface area contributed by atoms with E-state index in [1.807, 2.05) is 4.90 Å². The number of aliphatic carboxylic acids is 1. The molecule has 6 nitrogen and oxygen atoms in total. The Labute approximate surface area is 127 Å². The summed E-state index contributed by atoms with van der Waals surface area (Å²) in [5, 5.41) is 19.6. The topological polar surface area (TPSA) is 83.7 Å². The van der Waals surface area contributed by atoms with Crippen molar-refractivity contribution in [2.45, 2.75) is 31.2 Å². The number of likely N-dealkylation sites (tertiary alicyclic amines) is 1. The van der Waals surface area contributed by atoms with Crippen molar-refractivity contribution in [3.05, 3.63) is 39.4 Å². The van der Waals surface area contributed by atoms with Gasteiger partial charge in [-0.3, -0.25) is 19.8 Å². The number of benzene rings is 1. The highest BCUT2D eigenvalue weighted by Crippen LogP contribution is 2.29. The Morgan fingerprint density at radius 2 is 2.33 bits per heavy atom. The maximum absolute atomic E-state index is 11.1. The number of nitrogens with zero attached hydrogens (tertiary/aromatic N) is 2. The molecule has 0 aromatic heterocycles. The molecule has 0 bridgehead atoms. The standard InChI is InChI=1S/C14H17ClN2O4/c1-9-4-5-10(7-13(9)17(20)21)11(15)8-16-6-2-3-12(16)14(18)19/h4-5,7,11-12H,2-3,6,8H2,1H3,(H,18,19). The lowest BCUT2D eigenvalue weighted by molar-refractivity contribution is -0.385. The van der Waals surface area contributed by atoms with Gasteiger partial charge in [-0.2, -0.15) is 0 Å². The zero-order valence-electron chi connectivity index (χ0n) is 11.7. The van der Waals surface area contributed by atoms with E-state index in [1.54, 1.807) is 19.1 Å². The van der Waals surface area contributed by atoms with Crippen molar-refractivity contribution in [3.8, 4) is 0 Å². The number of halogens is 1. The van der Waals surface area contributed by atoms with E-state index in [0.717, 1.165) is 6.42 Å². The van der Waals surface area contributed by atoms with Crippen LogP contribution in [0.15, 0.2) is 18.2 Å². The molecule has 1 fully saturated rings. The summed E-state index contributed by atoms with van der Waals surface area (Å²) in [5.74, 6) is -0.841. The molecular weight excluding hydrogens is 296 g/mol. The van der Waals surface area contributed by atoms with Crippen molar-refractivity contribution in [1.82, 2.24) is 4.90 Å². The van der Waals surface area contributed by atoms with Gasteiger partial charge in [0.15, 0.2) is 0 Å². The molecule has 1 aliphatic heterocycles. The van der Waals surface area contributed by atoms with Gasteiger partial charge in [-0.1, -0.05) is 12.1 Å². The summed E-state index contributed by atoms with van der Waals surface area (Å²) in [6.45, 7) is 2.74. The van der Waals surface area contributed by atoms with Gasteiger partial charge in [0.2, 0.25) is 0 Å². The minimum absolute atomic E-state index is 0.0364. The number of aryl methyl sites for hydroxylation is 1. The van der Waals surface area contributed by atoms with Crippen LogP contribution in [0.1, 0.15) is 29.3 Å². The largest absolute Gasteiger partial charge is 0.480 e. The molecule has 1 N–H and O–H groups in total. The quantitative estimate of drug-likeness (QED) is 0.513. The third kappa shape index (κ3) is 3.51. The van der Waals surface area contributed by atoms with E-state index >= 15 is 0 Å². The monoisotopic (exact) mass is 312 g/mol. The molecule has 1 aliphatic rings. The summed E-state index contributed by atoms with van der Waals surface area (Å²) in [6.07, 6.45) is 1.45. The van der Waals surface area contributed by atoms with Gasteiger partial charge in [0.05, 0.1) is 10.3 Å². The summed E-state index contributed by atoms with van der Waals surface area (Å²) in [5.41, 5.74) is 1.26. The minimum atomic E-state index is -0.841. The fourth-order valence-corrected chi connectivity index (χ4v) is 2.97. The van der Waals surface area contributed by atoms with Gasteiger partial charge in [0.25, 0.3) is 5.69 Å². The van der Waals surface area contributed by atoms with Crippen molar-refractivity contribution < 1.29 is 14.8 Å². The van der Waals surface area contributed by atoms with Crippen LogP contribution in [0.3, 0.4) is 0 Å². The van der Waals surface area contributed by atoms with Gasteiger partial charge in [0, 0.05) is 18.2 Å². The molecule has 0 aliphatic carbocycles. The summed E-state index contributed by atoms with van der Waals surface area (Å²) in [7, 11) is 0. The molecule has 0 radical (unpaired) electrons. The lowest BCUT2D eigenvalue weighted by atomic mass is 10.1. The number of carboxylic acid groups (broad SMARTS) is 1. The van der Waals surface area contributed by atoms with Gasteiger partial charge in [-0.15, -0.1) is 11.6 Å². The second-order valence-corrected chi connectivity index (χ2v) is 5.79. The first-order chi connectivity index (χ1) is 9.90. The van der Waals surface area contributed by atoms with Gasteiger partial charge in [0.1, 0.15) is 6.04 Å². The summed E-state index contributed by atoms with van der Waals surface area (Å²) in [6, 6.07) is 4.39. The van der Waals surface area contributed by atoms with E-state index < -0.39 is 22.3 Å². The number of hydrogen-bond acceptors (Lipinski definition) is 4. The van der Waals surface area contributed by atoms with Crippen molar-refractivity contribution in [2.24, 2.45) is 0 Å². The Kier molecular flexibility index (Phi) is 4.80. The first kappa shape index (κ1) is 15.7. The van der Waals surface area contributed by atoms with E-state index in [-0.39, 0.29) is 5.69 Å². The van der Waals surface area contributed by atoms with Crippen LogP contribution in [-0.4, -0.2) is 40.0 Å². The first-order valence-electron chi connectivity index (χ1n) is 6.76. The molecule has 0 amide bonds. The minimum Gasteiger partial charge on any atom is -0.480 e. The van der Waals surface area contributed by atoms with Gasteiger partial charge >= 0.3 is 5.97 Å². The second kappa shape index (κ2) is 6.41. The molecule has 1 heterocycles. The van der Waals surface area contributed by atoms with Crippen LogP contribution in [0.5, 0.6) is 0 Å². The van der Waals surface area contributed by atoms with E-state index in [0.29, 0.717) is 30.6 Å². The van der Waals surface area contributed by atoms with E-state index in [4.69, 9.17) is 16.7 Å². The molecule has 21 heavy (non-hydrogen) atoms. The molecule has 1 aromatic rings. The molecule has 2 atom stereocenters. The number of alkyl halides is 1. The number of nitro benzene ring substituents is 1. The van der Waals surface area contributed by atoms with Crippen LogP contribution in [-0.2, 0) is 4.79 Å². The van der Waals surface area contributed by atoms with Crippen LogP contribution in [0.2, 0.25) is 0 Å². The summed E-state index contributed by atoms with van der Waals surface area (Å²) >= 11 is 6.33. The van der Waals surface area contributed by atoms with Crippen LogP contribution in [0.4, 0.5) is 5.69 Å². The third-order valence-corrected chi connectivity index (χ3v) is 4.23. The highest BCUT2D eigenvalue weighted by molar-refractivity contribution is 6.21. The van der Waals surface area contributed by atoms with Crippen molar-refractivity contribution >= 4 is 23.3 Å². The fourth-order valence-electron chi connectivity index (χ4n) is 2.65. The van der Waals surface area contributed by atoms with Crippen LogP contribution >= 0.6 is 11.6 Å². The normalized spacial score (nSPS) is 20.4. The zero-order valence-corrected chi connectivity index (χ0v) is 12.4. The highest BCUT2D eigenvalue weighted by Gasteiger charge is 2.32. The Balaban J connectivity index is 2.13. The number of rotatable bonds is 5. The lowest BCUT2D eigenvalue weighted by Gasteiger charge is -2.23. The molecule has 7 heteroatoms. The number of carbonyl (C=O) groups is 1. The molecule has 0 spiro atoms. The van der Waals surface area contributed by atoms with Crippen LogP contribution in [0, 0.1) is 17.0 Å². The van der Waals surface area contributed by atoms with Crippen molar-refractivity contribution in [1.29, 1.82) is 0 Å².